The standard InChI is InChI=1S/C22H34Cl2N2O2/c1-6-28-20(27)26-21(4,5)14-25-19(12-15(2)3)22(10-7-11-22)16-8-9-17(23)18(24)13-16/h8-9,13,15,19,25H,6-7,10-12,14H2,1-5H3,(H,26,27). The van der Waals surface area contributed by atoms with E-state index in [2.05, 4.69) is 30.5 Å². The Morgan fingerprint density at radius 2 is 1.93 bits per heavy atom. The largest absolute Gasteiger partial charge is 0.450 e. The van der Waals surface area contributed by atoms with Crippen molar-refractivity contribution in [1.82, 2.24) is 10.6 Å². The first-order valence-electron chi connectivity index (χ1n) is 10.2. The normalized spacial score (nSPS) is 17.1. The number of alkyl carbamates (subject to hydrolysis) is 1. The first kappa shape index (κ1) is 23.3. The van der Waals surface area contributed by atoms with Crippen molar-refractivity contribution < 1.29 is 9.53 Å². The molecule has 1 aliphatic rings. The molecule has 0 aromatic heterocycles. The minimum absolute atomic E-state index is 0.0541. The van der Waals surface area contributed by atoms with Gasteiger partial charge in [0, 0.05) is 18.0 Å². The number of hydrogen-bond donors (Lipinski definition) is 2. The molecule has 1 unspecified atom stereocenters. The van der Waals surface area contributed by atoms with Gasteiger partial charge >= 0.3 is 6.09 Å². The summed E-state index contributed by atoms with van der Waals surface area (Å²) < 4.78 is 5.04. The van der Waals surface area contributed by atoms with Gasteiger partial charge in [-0.25, -0.2) is 4.79 Å². The van der Waals surface area contributed by atoms with Gasteiger partial charge in [0.1, 0.15) is 0 Å². The number of benzene rings is 1. The maximum Gasteiger partial charge on any atom is 0.407 e. The third-order valence-electron chi connectivity index (χ3n) is 5.62. The molecule has 0 heterocycles. The Kier molecular flexibility index (Phi) is 8.06. The Morgan fingerprint density at radius 1 is 1.25 bits per heavy atom. The van der Waals surface area contributed by atoms with Gasteiger partial charge in [-0.15, -0.1) is 0 Å². The summed E-state index contributed by atoms with van der Waals surface area (Å²) in [6, 6.07) is 6.34. The molecule has 0 aliphatic heterocycles. The fourth-order valence-electron chi connectivity index (χ4n) is 4.04. The van der Waals surface area contributed by atoms with Crippen molar-refractivity contribution in [1.29, 1.82) is 0 Å². The lowest BCUT2D eigenvalue weighted by atomic mass is 9.58. The Labute approximate surface area is 179 Å². The highest BCUT2D eigenvalue weighted by molar-refractivity contribution is 6.42. The van der Waals surface area contributed by atoms with Gasteiger partial charge in [-0.1, -0.05) is 49.5 Å². The lowest BCUT2D eigenvalue weighted by Gasteiger charge is -2.50. The number of carbonyl (C=O) groups is 1. The van der Waals surface area contributed by atoms with E-state index < -0.39 is 5.54 Å². The van der Waals surface area contributed by atoms with Gasteiger partial charge in [-0.2, -0.15) is 0 Å². The lowest BCUT2D eigenvalue weighted by Crippen LogP contribution is -2.58. The third kappa shape index (κ3) is 5.77. The number of nitrogens with one attached hydrogen (secondary N) is 2. The lowest BCUT2D eigenvalue weighted by molar-refractivity contribution is 0.129. The summed E-state index contributed by atoms with van der Waals surface area (Å²) in [5.41, 5.74) is 0.894. The van der Waals surface area contributed by atoms with Crippen molar-refractivity contribution in [2.45, 2.75) is 77.3 Å². The first-order chi connectivity index (χ1) is 13.1. The van der Waals surface area contributed by atoms with E-state index in [4.69, 9.17) is 27.9 Å². The average Bonchev–Trinajstić information content (AvgIpc) is 2.54. The van der Waals surface area contributed by atoms with Crippen LogP contribution in [-0.4, -0.2) is 30.8 Å². The van der Waals surface area contributed by atoms with Crippen molar-refractivity contribution in [3.8, 4) is 0 Å². The summed E-state index contributed by atoms with van der Waals surface area (Å²) in [5.74, 6) is 0.555. The van der Waals surface area contributed by atoms with Crippen LogP contribution in [0.2, 0.25) is 10.0 Å². The smallest absolute Gasteiger partial charge is 0.407 e. The number of amides is 1. The first-order valence-corrected chi connectivity index (χ1v) is 11.0. The molecule has 1 aliphatic carbocycles. The van der Waals surface area contributed by atoms with E-state index in [1.54, 1.807) is 6.92 Å². The minimum Gasteiger partial charge on any atom is -0.450 e. The molecule has 4 nitrogen and oxygen atoms in total. The van der Waals surface area contributed by atoms with E-state index in [-0.39, 0.29) is 11.5 Å². The van der Waals surface area contributed by atoms with Crippen LogP contribution in [-0.2, 0) is 10.2 Å². The molecule has 0 saturated heterocycles. The van der Waals surface area contributed by atoms with Crippen LogP contribution >= 0.6 is 23.2 Å². The summed E-state index contributed by atoms with van der Waals surface area (Å²) in [5, 5.41) is 7.92. The zero-order chi connectivity index (χ0) is 20.9. The number of halogens is 2. The van der Waals surface area contributed by atoms with Gasteiger partial charge in [-0.05, 0) is 63.6 Å². The van der Waals surface area contributed by atoms with Gasteiger partial charge in [0.05, 0.1) is 22.2 Å². The van der Waals surface area contributed by atoms with Crippen LogP contribution < -0.4 is 10.6 Å². The van der Waals surface area contributed by atoms with E-state index in [1.165, 1.54) is 12.0 Å². The van der Waals surface area contributed by atoms with Gasteiger partial charge in [0.15, 0.2) is 0 Å². The van der Waals surface area contributed by atoms with Crippen LogP contribution in [0.5, 0.6) is 0 Å². The van der Waals surface area contributed by atoms with E-state index in [9.17, 15) is 4.79 Å². The fourth-order valence-corrected chi connectivity index (χ4v) is 4.34. The third-order valence-corrected chi connectivity index (χ3v) is 6.36. The van der Waals surface area contributed by atoms with E-state index in [0.717, 1.165) is 19.3 Å². The predicted molar refractivity (Wildman–Crippen MR) is 117 cm³/mol. The molecule has 2 N–H and O–H groups in total. The Balaban J connectivity index is 2.19. The highest BCUT2D eigenvalue weighted by Crippen LogP contribution is 2.49. The number of hydrogen-bond acceptors (Lipinski definition) is 3. The predicted octanol–water partition coefficient (Wildman–Crippen LogP) is 5.94. The van der Waals surface area contributed by atoms with E-state index in [1.807, 2.05) is 26.0 Å². The second-order valence-electron chi connectivity index (χ2n) is 8.93. The Bertz CT molecular complexity index is 673. The highest BCUT2D eigenvalue weighted by Gasteiger charge is 2.46. The zero-order valence-electron chi connectivity index (χ0n) is 17.7. The quantitative estimate of drug-likeness (QED) is 0.511. The molecule has 1 atom stereocenters. The van der Waals surface area contributed by atoms with Crippen molar-refractivity contribution >= 4 is 29.3 Å². The van der Waals surface area contributed by atoms with Crippen molar-refractivity contribution in [3.63, 3.8) is 0 Å². The molecular weight excluding hydrogens is 395 g/mol. The van der Waals surface area contributed by atoms with Gasteiger partial charge in [0.2, 0.25) is 0 Å². The van der Waals surface area contributed by atoms with Crippen LogP contribution in [0.4, 0.5) is 4.79 Å². The molecule has 1 saturated carbocycles. The maximum atomic E-state index is 11.8. The fraction of sp³-hybridized carbons (Fsp3) is 0.682. The molecular formula is C22H34Cl2N2O2. The number of ether oxygens (including phenoxy) is 1. The molecule has 0 bridgehead atoms. The van der Waals surface area contributed by atoms with Gasteiger partial charge in [-0.3, -0.25) is 0 Å². The molecule has 6 heteroatoms. The second kappa shape index (κ2) is 9.69. The maximum absolute atomic E-state index is 11.8. The van der Waals surface area contributed by atoms with Crippen LogP contribution in [0.1, 0.15) is 65.9 Å². The van der Waals surface area contributed by atoms with Crippen molar-refractivity contribution in [2.24, 2.45) is 5.92 Å². The average molecular weight is 429 g/mol. The van der Waals surface area contributed by atoms with Crippen LogP contribution in [0.15, 0.2) is 18.2 Å². The van der Waals surface area contributed by atoms with Crippen molar-refractivity contribution in [3.05, 3.63) is 33.8 Å². The second-order valence-corrected chi connectivity index (χ2v) is 9.75. The molecule has 1 aromatic carbocycles. The molecule has 158 valence electrons. The summed E-state index contributed by atoms with van der Waals surface area (Å²) >= 11 is 12.5. The minimum atomic E-state index is -0.413. The molecule has 2 rings (SSSR count). The van der Waals surface area contributed by atoms with E-state index in [0.29, 0.717) is 35.2 Å². The van der Waals surface area contributed by atoms with Gasteiger partial charge in [0.25, 0.3) is 0 Å². The molecule has 1 amide bonds. The summed E-state index contributed by atoms with van der Waals surface area (Å²) in [4.78, 5) is 11.8. The monoisotopic (exact) mass is 428 g/mol. The van der Waals surface area contributed by atoms with Gasteiger partial charge < -0.3 is 15.4 Å². The zero-order valence-corrected chi connectivity index (χ0v) is 19.2. The molecule has 0 radical (unpaired) electrons. The van der Waals surface area contributed by atoms with Crippen LogP contribution in [0.25, 0.3) is 0 Å². The molecule has 1 fully saturated rings. The molecule has 1 aromatic rings. The number of rotatable bonds is 9. The topological polar surface area (TPSA) is 50.4 Å². The summed E-state index contributed by atoms with van der Waals surface area (Å²) in [6.45, 7) is 11.3. The Hall–Kier alpha value is -0.970. The van der Waals surface area contributed by atoms with Crippen LogP contribution in [0, 0.1) is 5.92 Å². The summed E-state index contributed by atoms with van der Waals surface area (Å²) in [6.07, 6.45) is 4.14. The Morgan fingerprint density at radius 3 is 2.43 bits per heavy atom. The van der Waals surface area contributed by atoms with Crippen molar-refractivity contribution in [2.75, 3.05) is 13.2 Å². The highest BCUT2D eigenvalue weighted by atomic mass is 35.5. The number of carbonyl (C=O) groups excluding carboxylic acids is 1. The summed E-state index contributed by atoms with van der Waals surface area (Å²) in [7, 11) is 0. The van der Waals surface area contributed by atoms with Crippen LogP contribution in [0.3, 0.4) is 0 Å². The molecule has 0 spiro atoms. The van der Waals surface area contributed by atoms with E-state index >= 15 is 0 Å². The molecule has 28 heavy (non-hydrogen) atoms. The SMILES string of the molecule is CCOC(=O)NC(C)(C)CNC(CC(C)C)C1(c2ccc(Cl)c(Cl)c2)CCC1.